The topological polar surface area (TPSA) is 130 Å². The molecule has 0 aromatic heterocycles. The molecule has 1 aromatic rings. The number of carbonyl (C=O) groups excluding carboxylic acids is 2. The van der Waals surface area contributed by atoms with Crippen molar-refractivity contribution in [1.29, 1.82) is 0 Å². The molecule has 2 amide bonds. The lowest BCUT2D eigenvalue weighted by molar-refractivity contribution is -0.142. The van der Waals surface area contributed by atoms with Crippen LogP contribution in [-0.4, -0.2) is 79.2 Å². The summed E-state index contributed by atoms with van der Waals surface area (Å²) < 4.78 is 22.4. The Morgan fingerprint density at radius 3 is 2.64 bits per heavy atom. The fourth-order valence-electron chi connectivity index (χ4n) is 5.46. The lowest BCUT2D eigenvalue weighted by Crippen LogP contribution is -2.63. The molecule has 3 heterocycles. The number of hydrogen-bond acceptors (Lipinski definition) is 8. The molecule has 0 saturated carbocycles. The van der Waals surface area contributed by atoms with E-state index in [1.54, 1.807) is 26.1 Å². The number of halogens is 1. The molecule has 10 nitrogen and oxygen atoms in total. The van der Waals surface area contributed by atoms with Crippen LogP contribution >= 0.6 is 11.6 Å². The number of anilines is 1. The second-order valence-corrected chi connectivity index (χ2v) is 11.2. The molecular weight excluding hydrogens is 528 g/mol. The Hall–Kier alpha value is -2.63. The van der Waals surface area contributed by atoms with Crippen LogP contribution in [0.25, 0.3) is 0 Å². The van der Waals surface area contributed by atoms with Crippen molar-refractivity contribution < 1.29 is 38.7 Å². The minimum atomic E-state index is -1.73. The molecule has 0 radical (unpaired) electrons. The van der Waals surface area contributed by atoms with Gasteiger partial charge in [0.1, 0.15) is 28.6 Å². The molecule has 3 N–H and O–H groups in total. The largest absolute Gasteiger partial charge is 0.495 e. The number of aliphatic hydroxyl groups excluding tert-OH is 1. The zero-order valence-corrected chi connectivity index (χ0v) is 23.8. The van der Waals surface area contributed by atoms with E-state index < -0.39 is 47.8 Å². The maximum Gasteiger partial charge on any atom is 0.409 e. The molecule has 0 aliphatic carbocycles. The van der Waals surface area contributed by atoms with Crippen molar-refractivity contribution in [1.82, 2.24) is 5.32 Å². The van der Waals surface area contributed by atoms with E-state index in [0.29, 0.717) is 17.9 Å². The third-order valence-corrected chi connectivity index (χ3v) is 8.36. The molecule has 1 aromatic carbocycles. The van der Waals surface area contributed by atoms with Crippen molar-refractivity contribution in [3.05, 3.63) is 46.5 Å². The summed E-state index contributed by atoms with van der Waals surface area (Å²) in [5.74, 6) is -0.323. The monoisotopic (exact) mass is 564 g/mol. The minimum Gasteiger partial charge on any atom is -0.495 e. The zero-order valence-electron chi connectivity index (χ0n) is 23.1. The molecule has 1 unspecified atom stereocenters. The van der Waals surface area contributed by atoms with E-state index >= 15 is 0 Å². The van der Waals surface area contributed by atoms with Crippen molar-refractivity contribution in [3.63, 3.8) is 0 Å². The summed E-state index contributed by atoms with van der Waals surface area (Å²) in [4.78, 5) is 27.1. The number of fused-ring (bicyclic) bond motifs is 5. The molecule has 3 aliphatic heterocycles. The van der Waals surface area contributed by atoms with Crippen LogP contribution in [0.2, 0.25) is 5.02 Å². The SMILES string of the molecule is COc1cc2cc(c1Cl)N(C)C(=O)C[C@H](O)[C@]1(C)O[C@H]1C(C)[C@@H]1C[C@@](O)(NC(=O)O1)[C@H](OC)/C=C/C=C(\C)C2. The molecular formula is C28H37ClN2O8. The average Bonchev–Trinajstić information content (AvgIpc) is 3.58. The normalized spacial score (nSPS) is 37.6. The summed E-state index contributed by atoms with van der Waals surface area (Å²) in [5, 5.41) is 25.3. The molecule has 2 saturated heterocycles. The Bertz CT molecular complexity index is 1190. The predicted molar refractivity (Wildman–Crippen MR) is 145 cm³/mol. The van der Waals surface area contributed by atoms with E-state index in [4.69, 9.17) is 30.5 Å². The molecule has 7 atom stereocenters. The molecule has 39 heavy (non-hydrogen) atoms. The summed E-state index contributed by atoms with van der Waals surface area (Å²) >= 11 is 6.58. The number of amides is 2. The number of benzene rings is 1. The Morgan fingerprint density at radius 1 is 1.26 bits per heavy atom. The summed E-state index contributed by atoms with van der Waals surface area (Å²) in [5.41, 5.74) is -0.479. The molecule has 3 aliphatic rings. The second-order valence-electron chi connectivity index (χ2n) is 10.8. The van der Waals surface area contributed by atoms with Gasteiger partial charge in [0, 0.05) is 26.5 Å². The number of allylic oxidation sites excluding steroid dienone is 3. The number of nitrogens with one attached hydrogen (secondary N) is 1. The average molecular weight is 565 g/mol. The number of rotatable bonds is 2. The van der Waals surface area contributed by atoms with Crippen LogP contribution in [0.3, 0.4) is 0 Å². The number of carbonyl (C=O) groups is 2. The first-order valence-electron chi connectivity index (χ1n) is 12.9. The van der Waals surface area contributed by atoms with Crippen LogP contribution in [0.5, 0.6) is 5.75 Å². The van der Waals surface area contributed by atoms with Gasteiger partial charge in [-0.1, -0.05) is 42.3 Å². The standard InChI is InChI=1S/C28H37ClN2O8/c1-15-8-7-9-22(37-6)28(35)14-20(38-26(34)30-28)16(2)25-27(3,39-25)21(32)13-23(33)31(4)18-11-17(10-15)12-19(36-5)24(18)29/h7-9,11-12,16,20-22,25,32,35H,10,13-14H2,1-6H3,(H,30,34)/b9-7+,15-8+/t16?,20-,21-,22+,25-,27-,28-/m0/s1. The first-order chi connectivity index (χ1) is 18.3. The van der Waals surface area contributed by atoms with Gasteiger partial charge >= 0.3 is 6.09 Å². The molecule has 214 valence electrons. The van der Waals surface area contributed by atoms with E-state index in [0.717, 1.165) is 11.1 Å². The summed E-state index contributed by atoms with van der Waals surface area (Å²) in [6.45, 7) is 5.48. The zero-order chi connectivity index (χ0) is 28.7. The highest BCUT2D eigenvalue weighted by atomic mass is 35.5. The summed E-state index contributed by atoms with van der Waals surface area (Å²) in [6.07, 6.45) is 1.63. The number of epoxide rings is 1. The van der Waals surface area contributed by atoms with Gasteiger partial charge in [0.05, 0.1) is 31.4 Å². The fraction of sp³-hybridized carbons (Fsp3) is 0.571. The van der Waals surface area contributed by atoms with Gasteiger partial charge in [0.15, 0.2) is 5.72 Å². The van der Waals surface area contributed by atoms with Gasteiger partial charge in [0.25, 0.3) is 0 Å². The van der Waals surface area contributed by atoms with E-state index in [9.17, 15) is 19.8 Å². The number of hydrogen-bond donors (Lipinski definition) is 3. The lowest BCUT2D eigenvalue weighted by atomic mass is 9.84. The highest BCUT2D eigenvalue weighted by Crippen LogP contribution is 2.48. The quantitative estimate of drug-likeness (QED) is 0.467. The highest BCUT2D eigenvalue weighted by molar-refractivity contribution is 6.35. The van der Waals surface area contributed by atoms with E-state index in [2.05, 4.69) is 5.32 Å². The smallest absolute Gasteiger partial charge is 0.409 e. The van der Waals surface area contributed by atoms with Gasteiger partial charge in [-0.2, -0.15) is 0 Å². The van der Waals surface area contributed by atoms with Crippen molar-refractivity contribution in [2.24, 2.45) is 5.92 Å². The van der Waals surface area contributed by atoms with Gasteiger partial charge in [-0.3, -0.25) is 10.1 Å². The maximum absolute atomic E-state index is 13.3. The van der Waals surface area contributed by atoms with E-state index in [1.807, 2.05) is 32.1 Å². The van der Waals surface area contributed by atoms with E-state index in [-0.39, 0.29) is 23.8 Å². The van der Waals surface area contributed by atoms with E-state index in [1.165, 1.54) is 19.1 Å². The van der Waals surface area contributed by atoms with Gasteiger partial charge in [-0.15, -0.1) is 0 Å². The predicted octanol–water partition coefficient (Wildman–Crippen LogP) is 3.12. The Labute approximate surface area is 233 Å². The number of methoxy groups -OCH3 is 2. The lowest BCUT2D eigenvalue weighted by Gasteiger charge is -2.42. The Morgan fingerprint density at radius 2 is 1.97 bits per heavy atom. The third kappa shape index (κ3) is 5.81. The maximum atomic E-state index is 13.3. The molecule has 4 bridgehead atoms. The highest BCUT2D eigenvalue weighted by Gasteiger charge is 2.62. The van der Waals surface area contributed by atoms with Crippen LogP contribution in [-0.2, 0) is 25.4 Å². The van der Waals surface area contributed by atoms with Crippen LogP contribution in [0.4, 0.5) is 10.5 Å². The molecule has 0 spiro atoms. The van der Waals surface area contributed by atoms with Crippen LogP contribution < -0.4 is 15.0 Å². The Balaban J connectivity index is 1.74. The van der Waals surface area contributed by atoms with Crippen LogP contribution in [0, 0.1) is 5.92 Å². The number of alkyl carbamates (subject to hydrolysis) is 1. The van der Waals surface area contributed by atoms with Gasteiger partial charge in [-0.25, -0.2) is 4.79 Å². The number of aliphatic hydroxyl groups is 2. The molecule has 11 heteroatoms. The number of ether oxygens (including phenoxy) is 4. The number of nitrogens with zero attached hydrogens (tertiary/aromatic N) is 1. The van der Waals surface area contributed by atoms with Crippen molar-refractivity contribution in [3.8, 4) is 5.75 Å². The third-order valence-electron chi connectivity index (χ3n) is 7.98. The fourth-order valence-corrected chi connectivity index (χ4v) is 5.78. The van der Waals surface area contributed by atoms with Gasteiger partial charge in [-0.05, 0) is 38.0 Å². The summed E-state index contributed by atoms with van der Waals surface area (Å²) in [6, 6.07) is 3.63. The van der Waals surface area contributed by atoms with Gasteiger partial charge in [0.2, 0.25) is 5.91 Å². The van der Waals surface area contributed by atoms with Crippen LogP contribution in [0.15, 0.2) is 35.9 Å². The van der Waals surface area contributed by atoms with Crippen molar-refractivity contribution in [2.45, 2.75) is 75.8 Å². The second kappa shape index (κ2) is 11.1. The Kier molecular flexibility index (Phi) is 8.35. The molecule has 4 rings (SSSR count). The first kappa shape index (κ1) is 29.4. The van der Waals surface area contributed by atoms with Gasteiger partial charge < -0.3 is 34.1 Å². The van der Waals surface area contributed by atoms with Crippen LogP contribution in [0.1, 0.15) is 39.2 Å². The summed E-state index contributed by atoms with van der Waals surface area (Å²) in [7, 11) is 4.56. The molecule has 2 fully saturated rings. The first-order valence-corrected chi connectivity index (χ1v) is 13.3. The van der Waals surface area contributed by atoms with Crippen molar-refractivity contribution >= 4 is 29.3 Å². The van der Waals surface area contributed by atoms with Crippen molar-refractivity contribution in [2.75, 3.05) is 26.2 Å². The minimum absolute atomic E-state index is 0.0310.